The van der Waals surface area contributed by atoms with Crippen molar-refractivity contribution in [3.05, 3.63) is 40.2 Å². The summed E-state index contributed by atoms with van der Waals surface area (Å²) < 4.78 is 5.55. The minimum Gasteiger partial charge on any atom is -0.468 e. The molecule has 1 unspecified atom stereocenters. The smallest absolute Gasteiger partial charge is 0.194 e. The van der Waals surface area contributed by atoms with Crippen LogP contribution in [0.3, 0.4) is 0 Å². The number of nitrogens with zero attached hydrogens (tertiary/aromatic N) is 4. The predicted octanol–water partition coefficient (Wildman–Crippen LogP) is 2.74. The number of thiazole rings is 1. The lowest BCUT2D eigenvalue weighted by Crippen LogP contribution is -2.39. The summed E-state index contributed by atoms with van der Waals surface area (Å²) in [5.41, 5.74) is 1.07. The molecule has 1 atom stereocenters. The average Bonchev–Trinajstić information content (AvgIpc) is 3.18. The number of guanidine groups is 1. The molecule has 0 aromatic carbocycles. The summed E-state index contributed by atoms with van der Waals surface area (Å²) in [5.74, 6) is 1.80. The predicted molar refractivity (Wildman–Crippen MR) is 99.4 cm³/mol. The number of furan rings is 1. The molecule has 0 radical (unpaired) electrons. The van der Waals surface area contributed by atoms with Crippen LogP contribution in [0.25, 0.3) is 0 Å². The highest BCUT2D eigenvalue weighted by molar-refractivity contribution is 7.09. The van der Waals surface area contributed by atoms with E-state index in [1.165, 1.54) is 0 Å². The second-order valence-electron chi connectivity index (χ2n) is 5.90. The van der Waals surface area contributed by atoms with E-state index in [9.17, 15) is 0 Å². The molecule has 2 aromatic rings. The highest BCUT2D eigenvalue weighted by Crippen LogP contribution is 2.19. The minimum atomic E-state index is 0.114. The average molecular weight is 350 g/mol. The Morgan fingerprint density at radius 1 is 1.42 bits per heavy atom. The van der Waals surface area contributed by atoms with Gasteiger partial charge in [0.2, 0.25) is 0 Å². The molecule has 0 amide bonds. The summed E-state index contributed by atoms with van der Waals surface area (Å²) >= 11 is 1.67. The van der Waals surface area contributed by atoms with Gasteiger partial charge >= 0.3 is 0 Å². The van der Waals surface area contributed by atoms with Crippen LogP contribution < -0.4 is 5.32 Å². The van der Waals surface area contributed by atoms with Crippen molar-refractivity contribution < 1.29 is 4.42 Å². The monoisotopic (exact) mass is 349 g/mol. The quantitative estimate of drug-likeness (QED) is 0.615. The van der Waals surface area contributed by atoms with Gasteiger partial charge < -0.3 is 14.6 Å². The zero-order chi connectivity index (χ0) is 17.5. The van der Waals surface area contributed by atoms with Crippen LogP contribution in [-0.4, -0.2) is 55.0 Å². The fraction of sp³-hybridized carbons (Fsp3) is 0.529. The zero-order valence-electron chi connectivity index (χ0n) is 15.1. The first-order valence-corrected chi connectivity index (χ1v) is 8.99. The summed E-state index contributed by atoms with van der Waals surface area (Å²) in [6.45, 7) is 6.30. The maximum absolute atomic E-state index is 5.55. The lowest BCUT2D eigenvalue weighted by Gasteiger charge is -2.24. The van der Waals surface area contributed by atoms with E-state index in [0.717, 1.165) is 35.5 Å². The first-order valence-electron chi connectivity index (χ1n) is 8.11. The molecule has 0 fully saturated rings. The molecule has 0 spiro atoms. The van der Waals surface area contributed by atoms with E-state index in [1.807, 2.05) is 40.2 Å². The molecule has 0 aliphatic carbocycles. The molecular weight excluding hydrogens is 322 g/mol. The molecule has 0 saturated carbocycles. The summed E-state index contributed by atoms with van der Waals surface area (Å²) in [7, 11) is 6.11. The van der Waals surface area contributed by atoms with Crippen LogP contribution in [0.15, 0.2) is 33.2 Å². The lowest BCUT2D eigenvalue weighted by atomic mass is 10.2. The SMILES string of the molecule is CCNC(=NCC(c1ccco1)N(C)C)N(C)Cc1csc(C)n1. The van der Waals surface area contributed by atoms with Crippen LogP contribution in [0.5, 0.6) is 0 Å². The Hall–Kier alpha value is -1.86. The Balaban J connectivity index is 2.08. The Morgan fingerprint density at radius 2 is 2.21 bits per heavy atom. The first-order chi connectivity index (χ1) is 11.5. The fourth-order valence-corrected chi connectivity index (χ4v) is 3.03. The topological polar surface area (TPSA) is 56.9 Å². The van der Waals surface area contributed by atoms with Crippen LogP contribution in [-0.2, 0) is 6.54 Å². The number of aryl methyl sites for hydroxylation is 1. The minimum absolute atomic E-state index is 0.114. The van der Waals surface area contributed by atoms with E-state index in [2.05, 4.69) is 32.4 Å². The van der Waals surface area contributed by atoms with E-state index in [-0.39, 0.29) is 6.04 Å². The van der Waals surface area contributed by atoms with Gasteiger partial charge in [-0.3, -0.25) is 9.89 Å². The van der Waals surface area contributed by atoms with Gasteiger partial charge in [-0.25, -0.2) is 4.98 Å². The van der Waals surface area contributed by atoms with E-state index in [0.29, 0.717) is 6.54 Å². The van der Waals surface area contributed by atoms with Crippen molar-refractivity contribution in [3.8, 4) is 0 Å². The van der Waals surface area contributed by atoms with Gasteiger partial charge in [-0.1, -0.05) is 0 Å². The van der Waals surface area contributed by atoms with Gasteiger partial charge in [-0.05, 0) is 40.1 Å². The largest absolute Gasteiger partial charge is 0.468 e. The van der Waals surface area contributed by atoms with Gasteiger partial charge in [-0.15, -0.1) is 11.3 Å². The van der Waals surface area contributed by atoms with Gasteiger partial charge in [0.15, 0.2) is 5.96 Å². The molecule has 24 heavy (non-hydrogen) atoms. The van der Waals surface area contributed by atoms with Crippen LogP contribution in [0.4, 0.5) is 0 Å². The Morgan fingerprint density at radius 3 is 2.75 bits per heavy atom. The molecule has 2 aromatic heterocycles. The summed E-state index contributed by atoms with van der Waals surface area (Å²) in [4.78, 5) is 13.6. The third-order valence-corrected chi connectivity index (χ3v) is 4.49. The molecule has 0 bridgehead atoms. The molecule has 7 heteroatoms. The van der Waals surface area contributed by atoms with Crippen molar-refractivity contribution in [3.63, 3.8) is 0 Å². The molecule has 0 aliphatic heterocycles. The molecule has 6 nitrogen and oxygen atoms in total. The van der Waals surface area contributed by atoms with Crippen LogP contribution in [0.1, 0.15) is 29.4 Å². The first kappa shape index (κ1) is 18.5. The van der Waals surface area contributed by atoms with Crippen molar-refractivity contribution in [1.82, 2.24) is 20.1 Å². The second kappa shape index (κ2) is 8.84. The number of likely N-dealkylation sites (N-methyl/N-ethyl adjacent to an activating group) is 1. The van der Waals surface area contributed by atoms with E-state index in [1.54, 1.807) is 17.6 Å². The van der Waals surface area contributed by atoms with Crippen molar-refractivity contribution >= 4 is 17.3 Å². The third kappa shape index (κ3) is 5.07. The standard InChI is InChI=1S/C17H27N5OS/c1-6-18-17(22(5)11-14-12-24-13(2)20-14)19-10-15(21(3)4)16-8-7-9-23-16/h7-9,12,15H,6,10-11H2,1-5H3,(H,18,19). The number of rotatable bonds is 7. The normalized spacial score (nSPS) is 13.3. The van der Waals surface area contributed by atoms with Gasteiger partial charge in [-0.2, -0.15) is 0 Å². The summed E-state index contributed by atoms with van der Waals surface area (Å²) in [6, 6.07) is 4.02. The Bertz CT molecular complexity index is 635. The molecule has 0 saturated heterocycles. The zero-order valence-corrected chi connectivity index (χ0v) is 15.9. The van der Waals surface area contributed by atoms with Gasteiger partial charge in [0.1, 0.15) is 5.76 Å². The maximum atomic E-state index is 5.55. The van der Waals surface area contributed by atoms with E-state index < -0.39 is 0 Å². The van der Waals surface area contributed by atoms with Crippen molar-refractivity contribution in [2.24, 2.45) is 4.99 Å². The molecule has 2 heterocycles. The van der Waals surface area contributed by atoms with Gasteiger partial charge in [0.05, 0.1) is 36.1 Å². The number of hydrogen-bond donors (Lipinski definition) is 1. The van der Waals surface area contributed by atoms with Crippen LogP contribution in [0, 0.1) is 6.92 Å². The number of nitrogens with one attached hydrogen (secondary N) is 1. The molecular formula is C17H27N5OS. The van der Waals surface area contributed by atoms with Crippen molar-refractivity contribution in [2.45, 2.75) is 26.4 Å². The van der Waals surface area contributed by atoms with E-state index >= 15 is 0 Å². The Labute approximate surface area is 148 Å². The third-order valence-electron chi connectivity index (χ3n) is 3.67. The van der Waals surface area contributed by atoms with Gasteiger partial charge in [0, 0.05) is 19.0 Å². The molecule has 132 valence electrons. The number of hydrogen-bond acceptors (Lipinski definition) is 5. The maximum Gasteiger partial charge on any atom is 0.194 e. The van der Waals surface area contributed by atoms with Crippen LogP contribution in [0.2, 0.25) is 0 Å². The molecule has 1 N–H and O–H groups in total. The number of aromatic nitrogens is 1. The second-order valence-corrected chi connectivity index (χ2v) is 6.97. The van der Waals surface area contributed by atoms with Crippen molar-refractivity contribution in [2.75, 3.05) is 34.2 Å². The fourth-order valence-electron chi connectivity index (χ4n) is 2.43. The Kier molecular flexibility index (Phi) is 6.81. The molecule has 2 rings (SSSR count). The highest BCUT2D eigenvalue weighted by atomic mass is 32.1. The summed E-state index contributed by atoms with van der Waals surface area (Å²) in [5, 5.41) is 6.54. The summed E-state index contributed by atoms with van der Waals surface area (Å²) in [6.07, 6.45) is 1.71. The van der Waals surface area contributed by atoms with Crippen molar-refractivity contribution in [1.29, 1.82) is 0 Å². The lowest BCUT2D eigenvalue weighted by molar-refractivity contribution is 0.264. The molecule has 0 aliphatic rings. The van der Waals surface area contributed by atoms with E-state index in [4.69, 9.17) is 9.41 Å². The number of aliphatic imine (C=N–C) groups is 1. The van der Waals surface area contributed by atoms with Crippen LogP contribution >= 0.6 is 11.3 Å². The highest BCUT2D eigenvalue weighted by Gasteiger charge is 2.17. The van der Waals surface area contributed by atoms with Gasteiger partial charge in [0.25, 0.3) is 0 Å².